The van der Waals surface area contributed by atoms with Gasteiger partial charge < -0.3 is 16.3 Å². The van der Waals surface area contributed by atoms with Gasteiger partial charge in [-0.05, 0) is 31.0 Å². The van der Waals surface area contributed by atoms with Crippen molar-refractivity contribution in [1.29, 1.82) is 0 Å². The highest BCUT2D eigenvalue weighted by Crippen LogP contribution is 2.18. The zero-order valence-corrected chi connectivity index (χ0v) is 11.5. The van der Waals surface area contributed by atoms with Crippen molar-refractivity contribution in [2.75, 3.05) is 0 Å². The number of oxime groups is 1. The quantitative estimate of drug-likeness (QED) is 0.322. The fraction of sp³-hybridized carbons (Fsp3) is 0.462. The molecule has 0 saturated heterocycles. The zero-order chi connectivity index (χ0) is 13.5. The van der Waals surface area contributed by atoms with Crippen molar-refractivity contribution in [3.63, 3.8) is 0 Å². The van der Waals surface area contributed by atoms with Gasteiger partial charge in [-0.3, -0.25) is 0 Å². The van der Waals surface area contributed by atoms with E-state index in [1.54, 1.807) is 0 Å². The Morgan fingerprint density at radius 3 is 2.83 bits per heavy atom. The zero-order valence-electron chi connectivity index (χ0n) is 10.7. The van der Waals surface area contributed by atoms with Gasteiger partial charge in [0.05, 0.1) is 0 Å². The van der Waals surface area contributed by atoms with E-state index in [0.29, 0.717) is 6.42 Å². The molecule has 0 aliphatic heterocycles. The molecule has 2 atom stereocenters. The van der Waals surface area contributed by atoms with Gasteiger partial charge in [-0.25, -0.2) is 0 Å². The van der Waals surface area contributed by atoms with Gasteiger partial charge in [0.15, 0.2) is 0 Å². The van der Waals surface area contributed by atoms with Crippen LogP contribution in [0.25, 0.3) is 0 Å². The third-order valence-corrected chi connectivity index (χ3v) is 3.15. The molecule has 0 saturated carbocycles. The van der Waals surface area contributed by atoms with Gasteiger partial charge in [0.25, 0.3) is 0 Å². The number of hydrogen-bond donors (Lipinski definition) is 3. The summed E-state index contributed by atoms with van der Waals surface area (Å²) in [6, 6.07) is 8.09. The SMILES string of the molecule is CCC(C/C(N)=N/O)N[C@H](C)c1cccc(Cl)c1. The lowest BCUT2D eigenvalue weighted by Gasteiger charge is -2.22. The van der Waals surface area contributed by atoms with Crippen LogP contribution in [0.5, 0.6) is 0 Å². The largest absolute Gasteiger partial charge is 0.409 e. The lowest BCUT2D eigenvalue weighted by molar-refractivity contribution is 0.315. The number of benzene rings is 1. The van der Waals surface area contributed by atoms with E-state index in [1.165, 1.54) is 0 Å². The highest BCUT2D eigenvalue weighted by Gasteiger charge is 2.13. The van der Waals surface area contributed by atoms with E-state index in [-0.39, 0.29) is 17.9 Å². The molecular formula is C13H20ClN3O. The maximum absolute atomic E-state index is 8.58. The molecule has 5 heteroatoms. The molecule has 1 unspecified atom stereocenters. The van der Waals surface area contributed by atoms with Gasteiger partial charge in [-0.15, -0.1) is 0 Å². The molecule has 0 heterocycles. The summed E-state index contributed by atoms with van der Waals surface area (Å²) in [4.78, 5) is 0. The Hall–Kier alpha value is -1.26. The molecule has 4 N–H and O–H groups in total. The van der Waals surface area contributed by atoms with E-state index in [1.807, 2.05) is 24.3 Å². The van der Waals surface area contributed by atoms with Crippen molar-refractivity contribution in [1.82, 2.24) is 5.32 Å². The monoisotopic (exact) mass is 269 g/mol. The molecule has 1 aromatic carbocycles. The van der Waals surface area contributed by atoms with Crippen LogP contribution >= 0.6 is 11.6 Å². The number of nitrogens with zero attached hydrogens (tertiary/aromatic N) is 1. The number of amidine groups is 1. The molecule has 0 spiro atoms. The molecular weight excluding hydrogens is 250 g/mol. The number of halogens is 1. The van der Waals surface area contributed by atoms with Gasteiger partial charge in [-0.2, -0.15) is 0 Å². The highest BCUT2D eigenvalue weighted by molar-refractivity contribution is 6.30. The van der Waals surface area contributed by atoms with Crippen LogP contribution < -0.4 is 11.1 Å². The van der Waals surface area contributed by atoms with Crippen molar-refractivity contribution in [3.8, 4) is 0 Å². The van der Waals surface area contributed by atoms with E-state index in [0.717, 1.165) is 17.0 Å². The summed E-state index contributed by atoms with van der Waals surface area (Å²) in [6.07, 6.45) is 1.43. The van der Waals surface area contributed by atoms with E-state index in [2.05, 4.69) is 24.3 Å². The van der Waals surface area contributed by atoms with Crippen molar-refractivity contribution < 1.29 is 5.21 Å². The molecule has 0 aliphatic carbocycles. The summed E-state index contributed by atoms with van der Waals surface area (Å²) in [5.41, 5.74) is 6.65. The van der Waals surface area contributed by atoms with Crippen molar-refractivity contribution >= 4 is 17.4 Å². The summed E-state index contributed by atoms with van der Waals surface area (Å²) in [7, 11) is 0. The van der Waals surface area contributed by atoms with Crippen LogP contribution in [0.15, 0.2) is 29.4 Å². The number of rotatable bonds is 6. The number of hydrogen-bond acceptors (Lipinski definition) is 3. The third kappa shape index (κ3) is 4.55. The molecule has 4 nitrogen and oxygen atoms in total. The molecule has 0 aliphatic rings. The Morgan fingerprint density at radius 2 is 2.28 bits per heavy atom. The molecule has 0 radical (unpaired) electrons. The van der Waals surface area contributed by atoms with Crippen LogP contribution in [0.4, 0.5) is 0 Å². The van der Waals surface area contributed by atoms with Gasteiger partial charge in [-0.1, -0.05) is 35.8 Å². The first-order valence-electron chi connectivity index (χ1n) is 6.04. The molecule has 0 fully saturated rings. The molecule has 0 bridgehead atoms. The Labute approximate surface area is 113 Å². The highest BCUT2D eigenvalue weighted by atomic mass is 35.5. The number of nitrogens with one attached hydrogen (secondary N) is 1. The smallest absolute Gasteiger partial charge is 0.140 e. The second-order valence-electron chi connectivity index (χ2n) is 4.34. The molecule has 0 amide bonds. The first kappa shape index (κ1) is 14.8. The van der Waals surface area contributed by atoms with Gasteiger partial charge >= 0.3 is 0 Å². The summed E-state index contributed by atoms with van der Waals surface area (Å²) >= 11 is 5.97. The Kier molecular flexibility index (Phi) is 5.95. The second kappa shape index (κ2) is 7.24. The predicted molar refractivity (Wildman–Crippen MR) is 75.1 cm³/mol. The summed E-state index contributed by atoms with van der Waals surface area (Å²) in [5.74, 6) is 0.243. The molecule has 1 rings (SSSR count). The average molecular weight is 270 g/mol. The first-order chi connectivity index (χ1) is 8.56. The summed E-state index contributed by atoms with van der Waals surface area (Å²) in [6.45, 7) is 4.13. The van der Waals surface area contributed by atoms with E-state index in [9.17, 15) is 0 Å². The summed E-state index contributed by atoms with van der Waals surface area (Å²) in [5, 5.41) is 15.8. The van der Waals surface area contributed by atoms with Gasteiger partial charge in [0.1, 0.15) is 5.84 Å². The topological polar surface area (TPSA) is 70.6 Å². The standard InChI is InChI=1S/C13H20ClN3O/c1-3-12(8-13(15)17-18)16-9(2)10-5-4-6-11(14)7-10/h4-7,9,12,16,18H,3,8H2,1-2H3,(H2,15,17)/t9-,12?/m1/s1. The maximum atomic E-state index is 8.58. The lowest BCUT2D eigenvalue weighted by Crippen LogP contribution is -2.34. The van der Waals surface area contributed by atoms with Crippen LogP contribution in [0.3, 0.4) is 0 Å². The van der Waals surface area contributed by atoms with Gasteiger partial charge in [0, 0.05) is 23.5 Å². The normalized spacial score (nSPS) is 15.4. The third-order valence-electron chi connectivity index (χ3n) is 2.91. The Bertz CT molecular complexity index is 409. The minimum Gasteiger partial charge on any atom is -0.409 e. The van der Waals surface area contributed by atoms with E-state index >= 15 is 0 Å². The fourth-order valence-corrected chi connectivity index (χ4v) is 2.04. The predicted octanol–water partition coefficient (Wildman–Crippen LogP) is 2.91. The number of nitrogens with two attached hydrogens (primary N) is 1. The second-order valence-corrected chi connectivity index (χ2v) is 4.78. The first-order valence-corrected chi connectivity index (χ1v) is 6.42. The summed E-state index contributed by atoms with van der Waals surface area (Å²) < 4.78 is 0. The molecule has 1 aromatic rings. The van der Waals surface area contributed by atoms with Gasteiger partial charge in [0.2, 0.25) is 0 Å². The molecule has 100 valence electrons. The van der Waals surface area contributed by atoms with Crippen LogP contribution in [0.1, 0.15) is 38.3 Å². The van der Waals surface area contributed by atoms with E-state index < -0.39 is 0 Å². The average Bonchev–Trinajstić information content (AvgIpc) is 2.37. The molecule has 0 aromatic heterocycles. The maximum Gasteiger partial charge on any atom is 0.140 e. The van der Waals surface area contributed by atoms with Crippen molar-refractivity contribution in [2.45, 2.75) is 38.8 Å². The van der Waals surface area contributed by atoms with Crippen LogP contribution in [-0.2, 0) is 0 Å². The van der Waals surface area contributed by atoms with Crippen LogP contribution in [0.2, 0.25) is 5.02 Å². The lowest BCUT2D eigenvalue weighted by atomic mass is 10.0. The minimum absolute atomic E-state index is 0.167. The fourth-order valence-electron chi connectivity index (χ4n) is 1.84. The Balaban J connectivity index is 2.64. The van der Waals surface area contributed by atoms with Crippen LogP contribution in [0, 0.1) is 0 Å². The minimum atomic E-state index is 0.167. The van der Waals surface area contributed by atoms with Crippen molar-refractivity contribution in [2.24, 2.45) is 10.9 Å². The molecule has 18 heavy (non-hydrogen) atoms. The van der Waals surface area contributed by atoms with Crippen molar-refractivity contribution in [3.05, 3.63) is 34.9 Å². The van der Waals surface area contributed by atoms with E-state index in [4.69, 9.17) is 22.5 Å². The van der Waals surface area contributed by atoms with Crippen LogP contribution in [-0.4, -0.2) is 17.1 Å². The Morgan fingerprint density at radius 1 is 1.56 bits per heavy atom.